The SMILES string of the molecule is O=C(NC1CCCCC1CO)c1cn[nH]c1. The van der Waals surface area contributed by atoms with E-state index >= 15 is 0 Å². The summed E-state index contributed by atoms with van der Waals surface area (Å²) in [6.07, 6.45) is 7.29. The second-order valence-corrected chi connectivity index (χ2v) is 4.29. The third kappa shape index (κ3) is 2.41. The maximum atomic E-state index is 11.8. The van der Waals surface area contributed by atoms with Crippen molar-refractivity contribution in [3.8, 4) is 0 Å². The van der Waals surface area contributed by atoms with E-state index in [0.29, 0.717) is 5.56 Å². The minimum atomic E-state index is -0.112. The van der Waals surface area contributed by atoms with Crippen molar-refractivity contribution >= 4 is 5.91 Å². The second-order valence-electron chi connectivity index (χ2n) is 4.29. The van der Waals surface area contributed by atoms with Crippen LogP contribution in [-0.2, 0) is 0 Å². The fraction of sp³-hybridized carbons (Fsp3) is 0.636. The molecule has 0 bridgehead atoms. The number of hydrogen-bond acceptors (Lipinski definition) is 3. The van der Waals surface area contributed by atoms with Crippen molar-refractivity contribution in [3.63, 3.8) is 0 Å². The maximum Gasteiger partial charge on any atom is 0.254 e. The van der Waals surface area contributed by atoms with Crippen LogP contribution in [0.25, 0.3) is 0 Å². The number of rotatable bonds is 3. The predicted molar refractivity (Wildman–Crippen MR) is 58.9 cm³/mol. The van der Waals surface area contributed by atoms with Crippen LogP contribution in [0.4, 0.5) is 0 Å². The molecule has 1 aliphatic carbocycles. The van der Waals surface area contributed by atoms with Crippen molar-refractivity contribution in [1.82, 2.24) is 15.5 Å². The Balaban J connectivity index is 1.95. The van der Waals surface area contributed by atoms with Crippen LogP contribution in [-0.4, -0.2) is 33.9 Å². The van der Waals surface area contributed by atoms with Gasteiger partial charge in [0, 0.05) is 24.8 Å². The lowest BCUT2D eigenvalue weighted by Gasteiger charge is -2.30. The van der Waals surface area contributed by atoms with Crippen molar-refractivity contribution < 1.29 is 9.90 Å². The van der Waals surface area contributed by atoms with E-state index in [2.05, 4.69) is 15.5 Å². The first-order valence-corrected chi connectivity index (χ1v) is 5.71. The predicted octanol–water partition coefficient (Wildman–Crippen LogP) is 0.691. The van der Waals surface area contributed by atoms with E-state index in [4.69, 9.17) is 0 Å². The Labute approximate surface area is 94.2 Å². The molecule has 1 aliphatic rings. The van der Waals surface area contributed by atoms with Crippen LogP contribution in [0.3, 0.4) is 0 Å². The Morgan fingerprint density at radius 2 is 2.38 bits per heavy atom. The summed E-state index contributed by atoms with van der Waals surface area (Å²) in [4.78, 5) is 11.8. The van der Waals surface area contributed by atoms with Crippen molar-refractivity contribution in [2.45, 2.75) is 31.7 Å². The molecule has 1 amide bonds. The average Bonchev–Trinajstić information content (AvgIpc) is 2.83. The second kappa shape index (κ2) is 5.12. The van der Waals surface area contributed by atoms with Gasteiger partial charge in [-0.25, -0.2) is 0 Å². The summed E-state index contributed by atoms with van der Waals surface area (Å²) in [7, 11) is 0. The van der Waals surface area contributed by atoms with Gasteiger partial charge in [0.25, 0.3) is 5.91 Å². The molecule has 5 nitrogen and oxygen atoms in total. The molecule has 5 heteroatoms. The quantitative estimate of drug-likeness (QED) is 0.705. The van der Waals surface area contributed by atoms with E-state index in [9.17, 15) is 9.90 Å². The number of carbonyl (C=O) groups excluding carboxylic acids is 1. The van der Waals surface area contributed by atoms with E-state index in [0.717, 1.165) is 25.7 Å². The number of aromatic amines is 1. The molecular weight excluding hydrogens is 206 g/mol. The number of carbonyl (C=O) groups is 1. The lowest BCUT2D eigenvalue weighted by molar-refractivity contribution is 0.0872. The monoisotopic (exact) mass is 223 g/mol. The summed E-state index contributed by atoms with van der Waals surface area (Å²) in [5.41, 5.74) is 0.544. The molecule has 0 radical (unpaired) electrons. The van der Waals surface area contributed by atoms with Crippen LogP contribution in [0, 0.1) is 5.92 Å². The molecule has 0 saturated heterocycles. The Morgan fingerprint density at radius 1 is 1.56 bits per heavy atom. The minimum absolute atomic E-state index is 0.0983. The van der Waals surface area contributed by atoms with Crippen molar-refractivity contribution in [2.75, 3.05) is 6.61 Å². The first-order chi connectivity index (χ1) is 7.81. The van der Waals surface area contributed by atoms with Gasteiger partial charge < -0.3 is 10.4 Å². The Hall–Kier alpha value is -1.36. The minimum Gasteiger partial charge on any atom is -0.396 e. The molecule has 1 saturated carbocycles. The van der Waals surface area contributed by atoms with E-state index in [1.807, 2.05) is 0 Å². The molecule has 1 aromatic rings. The smallest absolute Gasteiger partial charge is 0.254 e. The molecule has 0 aromatic carbocycles. The zero-order valence-electron chi connectivity index (χ0n) is 9.15. The molecule has 16 heavy (non-hydrogen) atoms. The van der Waals surface area contributed by atoms with Crippen molar-refractivity contribution in [3.05, 3.63) is 18.0 Å². The van der Waals surface area contributed by atoms with Gasteiger partial charge in [0.15, 0.2) is 0 Å². The van der Waals surface area contributed by atoms with E-state index in [1.165, 1.54) is 6.20 Å². The molecule has 0 spiro atoms. The molecule has 3 N–H and O–H groups in total. The van der Waals surface area contributed by atoms with Gasteiger partial charge in [0.05, 0.1) is 11.8 Å². The van der Waals surface area contributed by atoms with E-state index in [-0.39, 0.29) is 24.5 Å². The molecule has 1 fully saturated rings. The molecule has 1 heterocycles. The van der Waals surface area contributed by atoms with Gasteiger partial charge in [0.1, 0.15) is 0 Å². The average molecular weight is 223 g/mol. The van der Waals surface area contributed by atoms with Gasteiger partial charge in [-0.3, -0.25) is 9.89 Å². The summed E-state index contributed by atoms with van der Waals surface area (Å²) < 4.78 is 0. The maximum absolute atomic E-state index is 11.8. The number of aliphatic hydroxyl groups is 1. The lowest BCUT2D eigenvalue weighted by atomic mass is 9.85. The third-order valence-corrected chi connectivity index (χ3v) is 3.22. The summed E-state index contributed by atoms with van der Waals surface area (Å²) in [5.74, 6) is 0.0868. The Morgan fingerprint density at radius 3 is 3.06 bits per heavy atom. The fourth-order valence-electron chi connectivity index (χ4n) is 2.24. The largest absolute Gasteiger partial charge is 0.396 e. The van der Waals surface area contributed by atoms with Crippen LogP contribution in [0.15, 0.2) is 12.4 Å². The van der Waals surface area contributed by atoms with Gasteiger partial charge in [-0.2, -0.15) is 5.10 Å². The van der Waals surface area contributed by atoms with Crippen LogP contribution < -0.4 is 5.32 Å². The summed E-state index contributed by atoms with van der Waals surface area (Å²) >= 11 is 0. The summed E-state index contributed by atoms with van der Waals surface area (Å²) in [6.45, 7) is 0.149. The highest BCUT2D eigenvalue weighted by Gasteiger charge is 2.26. The number of amides is 1. The van der Waals surface area contributed by atoms with Crippen LogP contribution in [0.1, 0.15) is 36.0 Å². The highest BCUT2D eigenvalue weighted by molar-refractivity contribution is 5.93. The molecule has 2 rings (SSSR count). The fourth-order valence-corrected chi connectivity index (χ4v) is 2.24. The Bertz CT molecular complexity index is 337. The number of hydrogen-bond donors (Lipinski definition) is 3. The molecule has 2 unspecified atom stereocenters. The first-order valence-electron chi connectivity index (χ1n) is 5.71. The zero-order chi connectivity index (χ0) is 11.4. The van der Waals surface area contributed by atoms with Crippen LogP contribution in [0.2, 0.25) is 0 Å². The highest BCUT2D eigenvalue weighted by Crippen LogP contribution is 2.24. The van der Waals surface area contributed by atoms with Gasteiger partial charge >= 0.3 is 0 Å². The van der Waals surface area contributed by atoms with E-state index < -0.39 is 0 Å². The number of aromatic nitrogens is 2. The third-order valence-electron chi connectivity index (χ3n) is 3.22. The van der Waals surface area contributed by atoms with Crippen LogP contribution in [0.5, 0.6) is 0 Å². The summed E-state index contributed by atoms with van der Waals surface area (Å²) in [6, 6.07) is 0.0983. The number of aliphatic hydroxyl groups excluding tert-OH is 1. The lowest BCUT2D eigenvalue weighted by Crippen LogP contribution is -2.43. The topological polar surface area (TPSA) is 78.0 Å². The van der Waals surface area contributed by atoms with Gasteiger partial charge in [-0.15, -0.1) is 0 Å². The van der Waals surface area contributed by atoms with Gasteiger partial charge in [-0.1, -0.05) is 12.8 Å². The number of nitrogens with zero attached hydrogens (tertiary/aromatic N) is 1. The van der Waals surface area contributed by atoms with Crippen molar-refractivity contribution in [2.24, 2.45) is 5.92 Å². The molecule has 1 aromatic heterocycles. The molecule has 88 valence electrons. The highest BCUT2D eigenvalue weighted by atomic mass is 16.3. The van der Waals surface area contributed by atoms with E-state index in [1.54, 1.807) is 6.20 Å². The molecule has 2 atom stereocenters. The standard InChI is InChI=1S/C11H17N3O2/c15-7-8-3-1-2-4-10(8)14-11(16)9-5-12-13-6-9/h5-6,8,10,15H,1-4,7H2,(H,12,13)(H,14,16). The van der Waals surface area contributed by atoms with Gasteiger partial charge in [0.2, 0.25) is 0 Å². The normalized spacial score (nSPS) is 25.3. The molecular formula is C11H17N3O2. The molecule has 0 aliphatic heterocycles. The van der Waals surface area contributed by atoms with Crippen molar-refractivity contribution in [1.29, 1.82) is 0 Å². The summed E-state index contributed by atoms with van der Waals surface area (Å²) in [5, 5.41) is 18.6. The number of H-pyrrole nitrogens is 1. The Kier molecular flexibility index (Phi) is 3.56. The van der Waals surface area contributed by atoms with Gasteiger partial charge in [-0.05, 0) is 12.8 Å². The zero-order valence-corrected chi connectivity index (χ0v) is 9.15. The number of nitrogens with one attached hydrogen (secondary N) is 2. The first kappa shape index (κ1) is 11.1. The van der Waals surface area contributed by atoms with Crippen LogP contribution >= 0.6 is 0 Å².